The number of nitrogens with one attached hydrogen (secondary N) is 1. The summed E-state index contributed by atoms with van der Waals surface area (Å²) >= 11 is 0. The maximum Gasteiger partial charge on any atom is 0.242 e. The molecule has 0 bridgehead atoms. The zero-order valence-corrected chi connectivity index (χ0v) is 17.2. The number of fused-ring (bicyclic) bond motifs is 1. The standard InChI is InChI=1S/C21H28N2O6/c1-14(20(26)22-9-11-27-2)23-10-8-21(7-6-19(23)25)13-17(24)16-5-4-15(28-3)12-18(16)29-21/h4-5,12,14H,6-11,13H2,1-3H3,(H,22,26)/t14-,21+/m1/s1. The molecule has 1 fully saturated rings. The highest BCUT2D eigenvalue weighted by Crippen LogP contribution is 2.41. The van der Waals surface area contributed by atoms with Crippen LogP contribution in [0.4, 0.5) is 0 Å². The highest BCUT2D eigenvalue weighted by atomic mass is 16.5. The molecule has 158 valence electrons. The lowest BCUT2D eigenvalue weighted by molar-refractivity contribution is -0.139. The number of methoxy groups -OCH3 is 2. The monoisotopic (exact) mass is 404 g/mol. The number of nitrogens with zero attached hydrogens (tertiary/aromatic N) is 1. The smallest absolute Gasteiger partial charge is 0.242 e. The molecule has 2 aliphatic heterocycles. The van der Waals surface area contributed by atoms with Gasteiger partial charge < -0.3 is 24.4 Å². The Labute approximate surface area is 170 Å². The van der Waals surface area contributed by atoms with Crippen LogP contribution >= 0.6 is 0 Å². The van der Waals surface area contributed by atoms with Crippen LogP contribution in [-0.2, 0) is 14.3 Å². The van der Waals surface area contributed by atoms with E-state index in [1.165, 1.54) is 0 Å². The molecule has 1 saturated heterocycles. The average molecular weight is 404 g/mol. The van der Waals surface area contributed by atoms with Crippen molar-refractivity contribution in [1.29, 1.82) is 0 Å². The maximum atomic E-state index is 12.7. The molecule has 0 aromatic heterocycles. The zero-order chi connectivity index (χ0) is 21.0. The molecule has 0 aliphatic carbocycles. The minimum atomic E-state index is -0.743. The van der Waals surface area contributed by atoms with Gasteiger partial charge in [-0.2, -0.15) is 0 Å². The Kier molecular flexibility index (Phi) is 6.42. The number of hydrogen-bond donors (Lipinski definition) is 1. The molecule has 2 atom stereocenters. The first-order chi connectivity index (χ1) is 13.9. The molecule has 3 rings (SSSR count). The fourth-order valence-corrected chi connectivity index (χ4v) is 3.91. The van der Waals surface area contributed by atoms with Crippen molar-refractivity contribution in [3.8, 4) is 11.5 Å². The first-order valence-corrected chi connectivity index (χ1v) is 9.85. The van der Waals surface area contributed by atoms with Crippen LogP contribution in [0.15, 0.2) is 18.2 Å². The van der Waals surface area contributed by atoms with Gasteiger partial charge in [-0.3, -0.25) is 14.4 Å². The Morgan fingerprint density at radius 1 is 1.31 bits per heavy atom. The molecule has 2 aliphatic rings. The second-order valence-electron chi connectivity index (χ2n) is 7.54. The van der Waals surface area contributed by atoms with Crippen LogP contribution in [0, 0.1) is 0 Å². The molecule has 1 N–H and O–H groups in total. The summed E-state index contributed by atoms with van der Waals surface area (Å²) < 4.78 is 16.5. The van der Waals surface area contributed by atoms with Gasteiger partial charge in [0.25, 0.3) is 0 Å². The first kappa shape index (κ1) is 21.1. The van der Waals surface area contributed by atoms with Gasteiger partial charge in [-0.1, -0.05) is 0 Å². The molecule has 8 heteroatoms. The first-order valence-electron chi connectivity index (χ1n) is 9.85. The topological polar surface area (TPSA) is 94.2 Å². The van der Waals surface area contributed by atoms with Crippen molar-refractivity contribution in [3.63, 3.8) is 0 Å². The summed E-state index contributed by atoms with van der Waals surface area (Å²) in [6.07, 6.45) is 1.36. The molecular formula is C21H28N2O6. The summed E-state index contributed by atoms with van der Waals surface area (Å²) in [5.74, 6) is 0.777. The molecule has 1 spiro atoms. The SMILES string of the molecule is COCCNC(=O)[C@@H](C)N1CC[C@@]2(CCC1=O)CC(=O)c1ccc(OC)cc1O2. The van der Waals surface area contributed by atoms with Gasteiger partial charge in [0.15, 0.2) is 5.78 Å². The quantitative estimate of drug-likeness (QED) is 0.724. The van der Waals surface area contributed by atoms with E-state index in [9.17, 15) is 14.4 Å². The van der Waals surface area contributed by atoms with Crippen molar-refractivity contribution >= 4 is 17.6 Å². The number of ether oxygens (including phenoxy) is 3. The summed E-state index contributed by atoms with van der Waals surface area (Å²) in [5.41, 5.74) is -0.206. The molecule has 1 aromatic carbocycles. The Morgan fingerprint density at radius 3 is 2.83 bits per heavy atom. The molecule has 0 unspecified atom stereocenters. The van der Waals surface area contributed by atoms with Crippen LogP contribution in [0.3, 0.4) is 0 Å². The van der Waals surface area contributed by atoms with Crippen molar-refractivity contribution in [3.05, 3.63) is 23.8 Å². The zero-order valence-electron chi connectivity index (χ0n) is 17.2. The van der Waals surface area contributed by atoms with E-state index < -0.39 is 11.6 Å². The van der Waals surface area contributed by atoms with Crippen molar-refractivity contribution in [2.45, 2.75) is 44.2 Å². The van der Waals surface area contributed by atoms with Gasteiger partial charge >= 0.3 is 0 Å². The van der Waals surface area contributed by atoms with Crippen LogP contribution in [0.2, 0.25) is 0 Å². The van der Waals surface area contributed by atoms with Gasteiger partial charge in [0.05, 0.1) is 25.7 Å². The third kappa shape index (κ3) is 4.53. The largest absolute Gasteiger partial charge is 0.497 e. The van der Waals surface area contributed by atoms with Crippen LogP contribution in [-0.4, -0.2) is 68.1 Å². The van der Waals surface area contributed by atoms with Gasteiger partial charge in [-0.25, -0.2) is 0 Å². The number of hydrogen-bond acceptors (Lipinski definition) is 6. The predicted molar refractivity (Wildman–Crippen MR) is 105 cm³/mol. The second kappa shape index (κ2) is 8.82. The van der Waals surface area contributed by atoms with Gasteiger partial charge in [-0.05, 0) is 25.5 Å². The van der Waals surface area contributed by atoms with Crippen molar-refractivity contribution in [2.24, 2.45) is 0 Å². The molecular weight excluding hydrogens is 376 g/mol. The Morgan fingerprint density at radius 2 is 2.10 bits per heavy atom. The van der Waals surface area contributed by atoms with Gasteiger partial charge in [0.1, 0.15) is 23.1 Å². The van der Waals surface area contributed by atoms with Crippen molar-refractivity contribution < 1.29 is 28.6 Å². The lowest BCUT2D eigenvalue weighted by atomic mass is 9.84. The third-order valence-corrected chi connectivity index (χ3v) is 5.67. The van der Waals surface area contributed by atoms with Crippen LogP contribution in [0.1, 0.15) is 43.0 Å². The van der Waals surface area contributed by atoms with E-state index in [-0.39, 0.29) is 30.4 Å². The molecule has 2 amide bonds. The Hall–Kier alpha value is -2.61. The fraction of sp³-hybridized carbons (Fsp3) is 0.571. The predicted octanol–water partition coefficient (Wildman–Crippen LogP) is 1.56. The van der Waals surface area contributed by atoms with E-state index in [0.29, 0.717) is 49.6 Å². The maximum absolute atomic E-state index is 12.7. The third-order valence-electron chi connectivity index (χ3n) is 5.67. The molecule has 0 radical (unpaired) electrons. The van der Waals surface area contributed by atoms with Crippen LogP contribution < -0.4 is 14.8 Å². The van der Waals surface area contributed by atoms with E-state index in [0.717, 1.165) is 0 Å². The van der Waals surface area contributed by atoms with E-state index in [1.54, 1.807) is 44.2 Å². The summed E-state index contributed by atoms with van der Waals surface area (Å²) in [4.78, 5) is 39.4. The lowest BCUT2D eigenvalue weighted by Crippen LogP contribution is -2.49. The van der Waals surface area contributed by atoms with Gasteiger partial charge in [0.2, 0.25) is 11.8 Å². The molecule has 29 heavy (non-hydrogen) atoms. The molecule has 1 aromatic rings. The van der Waals surface area contributed by atoms with Crippen LogP contribution in [0.5, 0.6) is 11.5 Å². The Bertz CT molecular complexity index is 795. The van der Waals surface area contributed by atoms with Crippen molar-refractivity contribution in [2.75, 3.05) is 33.9 Å². The van der Waals surface area contributed by atoms with E-state index in [2.05, 4.69) is 5.32 Å². The number of ketones is 1. The summed E-state index contributed by atoms with van der Waals surface area (Å²) in [6.45, 7) is 2.87. The average Bonchev–Trinajstić information content (AvgIpc) is 2.86. The minimum absolute atomic E-state index is 0.000147. The number of benzene rings is 1. The van der Waals surface area contributed by atoms with Gasteiger partial charge in [-0.15, -0.1) is 0 Å². The summed E-state index contributed by atoms with van der Waals surface area (Å²) in [7, 11) is 3.12. The molecule has 0 saturated carbocycles. The molecule has 8 nitrogen and oxygen atoms in total. The summed E-state index contributed by atoms with van der Waals surface area (Å²) in [5, 5.41) is 2.77. The van der Waals surface area contributed by atoms with E-state index in [4.69, 9.17) is 14.2 Å². The fourth-order valence-electron chi connectivity index (χ4n) is 3.91. The van der Waals surface area contributed by atoms with Gasteiger partial charge in [0, 0.05) is 39.1 Å². The number of carbonyl (C=O) groups is 3. The van der Waals surface area contributed by atoms with E-state index >= 15 is 0 Å². The molecule has 2 heterocycles. The normalized spacial score (nSPS) is 22.5. The lowest BCUT2D eigenvalue weighted by Gasteiger charge is -2.37. The highest BCUT2D eigenvalue weighted by Gasteiger charge is 2.44. The second-order valence-corrected chi connectivity index (χ2v) is 7.54. The number of Topliss-reactive ketones (excluding diaryl/α,β-unsaturated/α-hetero) is 1. The number of rotatable bonds is 6. The summed E-state index contributed by atoms with van der Waals surface area (Å²) in [6, 6.07) is 4.57. The van der Waals surface area contributed by atoms with Crippen LogP contribution in [0.25, 0.3) is 0 Å². The van der Waals surface area contributed by atoms with E-state index in [1.807, 2.05) is 0 Å². The number of carbonyl (C=O) groups excluding carboxylic acids is 3. The minimum Gasteiger partial charge on any atom is -0.497 e. The number of amides is 2. The Balaban J connectivity index is 1.73. The van der Waals surface area contributed by atoms with Crippen molar-refractivity contribution in [1.82, 2.24) is 10.2 Å². The number of likely N-dealkylation sites (tertiary alicyclic amines) is 1. The highest BCUT2D eigenvalue weighted by molar-refractivity contribution is 6.00.